The molecule has 65 heavy (non-hydrogen) atoms. The van der Waals surface area contributed by atoms with Gasteiger partial charge in [-0.3, -0.25) is 9.55 Å². The van der Waals surface area contributed by atoms with Crippen LogP contribution in [0, 0.1) is 13.0 Å². The van der Waals surface area contributed by atoms with Gasteiger partial charge in [0.25, 0.3) is 0 Å². The molecule has 0 saturated heterocycles. The number of aromatic nitrogens is 3. The Balaban J connectivity index is 0.00000576. The van der Waals surface area contributed by atoms with E-state index >= 15 is 0 Å². The van der Waals surface area contributed by atoms with Crippen molar-refractivity contribution in [2.75, 3.05) is 4.90 Å². The Kier molecular flexibility index (Phi) is 12.0. The number of nitrogens with zero attached hydrogens (tertiary/aromatic N) is 4. The van der Waals surface area contributed by atoms with E-state index in [9.17, 15) is 5.11 Å². The number of fused-ring (bicyclic) bond motifs is 2. The van der Waals surface area contributed by atoms with Crippen LogP contribution in [0.3, 0.4) is 0 Å². The Labute approximate surface area is 399 Å². The van der Waals surface area contributed by atoms with Gasteiger partial charge in [0.2, 0.25) is 0 Å². The van der Waals surface area contributed by atoms with Crippen LogP contribution >= 0.6 is 0 Å². The molecule has 0 unspecified atom stereocenters. The first kappa shape index (κ1) is 45.3. The number of hydrogen-bond donors (Lipinski definition) is 1. The smallest absolute Gasteiger partial charge is 0.148 e. The predicted octanol–water partition coefficient (Wildman–Crippen LogP) is 15.7. The molecule has 330 valence electrons. The minimum atomic E-state index is -0.158. The summed E-state index contributed by atoms with van der Waals surface area (Å²) in [6.45, 7) is 22.2. The Hall–Kier alpha value is -6.29. The number of aromatic hydroxyl groups is 1. The summed E-state index contributed by atoms with van der Waals surface area (Å²) in [6.07, 6.45) is 1.91. The van der Waals surface area contributed by atoms with Crippen LogP contribution in [0.25, 0.3) is 61.3 Å². The van der Waals surface area contributed by atoms with Crippen LogP contribution in [0.4, 0.5) is 17.1 Å². The van der Waals surface area contributed by atoms with Crippen LogP contribution in [-0.2, 0) is 37.3 Å². The molecule has 0 bridgehead atoms. The number of anilines is 3. The van der Waals surface area contributed by atoms with Crippen LogP contribution in [-0.4, -0.2) is 19.6 Å². The molecule has 0 saturated carbocycles. The zero-order chi connectivity index (χ0) is 45.1. The first-order valence-electron chi connectivity index (χ1n) is 22.3. The molecule has 0 aliphatic heterocycles. The molecule has 1 N–H and O–H groups in total. The van der Waals surface area contributed by atoms with Gasteiger partial charge in [0, 0.05) is 55.5 Å². The van der Waals surface area contributed by atoms with E-state index in [1.54, 1.807) is 0 Å². The molecule has 0 aliphatic rings. The van der Waals surface area contributed by atoms with E-state index in [1.807, 2.05) is 18.3 Å². The number of para-hydroxylation sites is 2. The zero-order valence-electron chi connectivity index (χ0n) is 39.1. The van der Waals surface area contributed by atoms with Crippen molar-refractivity contribution >= 4 is 39.0 Å². The van der Waals surface area contributed by atoms with Gasteiger partial charge >= 0.3 is 0 Å². The SMILES string of the molecule is Cc1ccnc2c(-c3[c-]c(-c4cc(N(c5ccccc5)c5ccccc5)cc5c4nc(-c4cc(C(C)(C)C)ccc4O)n5-c4ccc(C(C)(C)C)cc4)ccc3)cc(C(C)(C)C)cc12.[Pt]. The average Bonchev–Trinajstić information content (AvgIpc) is 3.65. The molecule has 0 aliphatic carbocycles. The van der Waals surface area contributed by atoms with Gasteiger partial charge in [-0.1, -0.05) is 146 Å². The van der Waals surface area contributed by atoms with E-state index in [4.69, 9.17) is 9.97 Å². The van der Waals surface area contributed by atoms with Crippen LogP contribution in [0.2, 0.25) is 0 Å². The Bertz CT molecular complexity index is 3130. The van der Waals surface area contributed by atoms with Crippen molar-refractivity contribution in [2.24, 2.45) is 0 Å². The molecule has 0 atom stereocenters. The minimum Gasteiger partial charge on any atom is -0.507 e. The monoisotopic (exact) mass is 1030 g/mol. The number of phenolic OH excluding ortho intramolecular Hbond substituents is 1. The topological polar surface area (TPSA) is 54.2 Å². The predicted molar refractivity (Wildman–Crippen MR) is 269 cm³/mol. The molecule has 2 aromatic heterocycles. The van der Waals surface area contributed by atoms with E-state index in [-0.39, 0.29) is 43.1 Å². The maximum absolute atomic E-state index is 11.8. The largest absolute Gasteiger partial charge is 0.507 e. The first-order valence-corrected chi connectivity index (χ1v) is 22.3. The summed E-state index contributed by atoms with van der Waals surface area (Å²) in [6, 6.07) is 57.3. The molecule has 9 aromatic rings. The average molecular weight is 1030 g/mol. The first-order chi connectivity index (χ1) is 30.5. The summed E-state index contributed by atoms with van der Waals surface area (Å²) in [5.41, 5.74) is 15.6. The fourth-order valence-electron chi connectivity index (χ4n) is 8.64. The molecule has 9 rings (SSSR count). The standard InChI is InChI=1S/C59H57N4O.Pt/c1-38-30-31-60-54-48(38)34-43(59(8,9)10)35-49(54)39-18-17-19-40(32-39)50-36-47(62(44-20-13-11-14-21-44)45-22-15-12-16-23-45)37-52-55(50)61-56(51-33-42(58(5,6)7)26-29-53(51)64)63(52)46-27-24-41(25-28-46)57(2,3)4;/h11-31,33-37,64H,1-10H3;/q-1;. The number of imidazole rings is 1. The summed E-state index contributed by atoms with van der Waals surface area (Å²) in [5, 5.41) is 12.9. The summed E-state index contributed by atoms with van der Waals surface area (Å²) in [4.78, 5) is 12.9. The van der Waals surface area contributed by atoms with Crippen LogP contribution in [0.15, 0.2) is 158 Å². The normalized spacial score (nSPS) is 12.1. The molecule has 5 nitrogen and oxygen atoms in total. The maximum Gasteiger partial charge on any atom is 0.148 e. The van der Waals surface area contributed by atoms with Crippen molar-refractivity contribution < 1.29 is 26.2 Å². The number of phenols is 1. The van der Waals surface area contributed by atoms with Gasteiger partial charge in [-0.2, -0.15) is 0 Å². The minimum absolute atomic E-state index is 0. The summed E-state index contributed by atoms with van der Waals surface area (Å²) in [7, 11) is 0. The van der Waals surface area contributed by atoms with E-state index in [0.29, 0.717) is 11.4 Å². The van der Waals surface area contributed by atoms with Crippen molar-refractivity contribution in [3.63, 3.8) is 0 Å². The summed E-state index contributed by atoms with van der Waals surface area (Å²) in [5.74, 6) is 0.834. The van der Waals surface area contributed by atoms with Gasteiger partial charge in [0.1, 0.15) is 11.6 Å². The number of hydrogen-bond acceptors (Lipinski definition) is 4. The Morgan fingerprint density at radius 1 is 0.523 bits per heavy atom. The van der Waals surface area contributed by atoms with Crippen molar-refractivity contribution in [2.45, 2.75) is 85.5 Å². The van der Waals surface area contributed by atoms with Crippen molar-refractivity contribution in [3.05, 3.63) is 186 Å². The van der Waals surface area contributed by atoms with Gasteiger partial charge in [0.15, 0.2) is 0 Å². The molecule has 0 amide bonds. The van der Waals surface area contributed by atoms with Gasteiger partial charge in [-0.15, -0.1) is 35.4 Å². The Morgan fingerprint density at radius 3 is 1.66 bits per heavy atom. The molecule has 7 aromatic carbocycles. The van der Waals surface area contributed by atoms with Crippen LogP contribution < -0.4 is 4.90 Å². The second-order valence-electron chi connectivity index (χ2n) is 20.2. The molecule has 0 radical (unpaired) electrons. The molecule has 2 heterocycles. The van der Waals surface area contributed by atoms with Crippen LogP contribution in [0.5, 0.6) is 5.75 Å². The quantitative estimate of drug-likeness (QED) is 0.162. The van der Waals surface area contributed by atoms with Gasteiger partial charge in [-0.05, 0) is 111 Å². The van der Waals surface area contributed by atoms with E-state index in [1.165, 1.54) is 16.7 Å². The third-order valence-electron chi connectivity index (χ3n) is 12.4. The maximum atomic E-state index is 11.8. The van der Waals surface area contributed by atoms with Gasteiger partial charge in [-0.25, -0.2) is 4.98 Å². The van der Waals surface area contributed by atoms with Crippen molar-refractivity contribution in [1.82, 2.24) is 14.5 Å². The second kappa shape index (κ2) is 17.3. The van der Waals surface area contributed by atoms with Crippen molar-refractivity contribution in [1.29, 1.82) is 0 Å². The van der Waals surface area contributed by atoms with Gasteiger partial charge < -0.3 is 10.0 Å². The van der Waals surface area contributed by atoms with E-state index < -0.39 is 0 Å². The second-order valence-corrected chi connectivity index (χ2v) is 20.2. The number of aryl methyl sites for hydroxylation is 1. The summed E-state index contributed by atoms with van der Waals surface area (Å²) < 4.78 is 2.22. The number of benzene rings is 7. The fraction of sp³-hybridized carbons (Fsp3) is 0.220. The molecule has 0 fully saturated rings. The third kappa shape index (κ3) is 8.79. The number of pyridine rings is 1. The van der Waals surface area contributed by atoms with Crippen LogP contribution in [0.1, 0.15) is 84.6 Å². The molecular weight excluding hydrogens is 976 g/mol. The third-order valence-corrected chi connectivity index (χ3v) is 12.4. The zero-order valence-corrected chi connectivity index (χ0v) is 41.3. The molecular formula is C59H57N4OPt-. The number of rotatable bonds is 7. The Morgan fingerprint density at radius 2 is 1.08 bits per heavy atom. The molecule has 6 heteroatoms. The van der Waals surface area contributed by atoms with E-state index in [0.717, 1.165) is 72.5 Å². The fourth-order valence-corrected chi connectivity index (χ4v) is 8.64. The molecule has 0 spiro atoms. The van der Waals surface area contributed by atoms with E-state index in [2.05, 4.69) is 224 Å². The van der Waals surface area contributed by atoms with Crippen molar-refractivity contribution in [3.8, 4) is 45.1 Å². The summed E-state index contributed by atoms with van der Waals surface area (Å²) >= 11 is 0. The van der Waals surface area contributed by atoms with Gasteiger partial charge in [0.05, 0.1) is 16.6 Å².